The second-order valence-corrected chi connectivity index (χ2v) is 9.34. The molecule has 0 aliphatic heterocycles. The molecule has 0 aromatic carbocycles. The molecule has 1 rings (SSSR count). The Morgan fingerprint density at radius 1 is 1.30 bits per heavy atom. The Morgan fingerprint density at radius 3 is 2.26 bits per heavy atom. The highest BCUT2D eigenvalue weighted by molar-refractivity contribution is 7.92. The standard InChI is InChI=1S/C15H24N2O5S/c1-14(2,3)11-6-8-17(12(18)10-11)9-7-15(4,13(19)16-20)23(5,21)22/h6,8,10,20H,7,9H2,1-5H3,(H,16,19)/t15-/m1/s1. The first-order valence-corrected chi connectivity index (χ1v) is 9.07. The first-order valence-electron chi connectivity index (χ1n) is 7.18. The summed E-state index contributed by atoms with van der Waals surface area (Å²) < 4.78 is 23.3. The monoisotopic (exact) mass is 344 g/mol. The lowest BCUT2D eigenvalue weighted by atomic mass is 9.88. The minimum atomic E-state index is -3.78. The van der Waals surface area contributed by atoms with Gasteiger partial charge in [-0.05, 0) is 30.4 Å². The Balaban J connectivity index is 3.09. The summed E-state index contributed by atoms with van der Waals surface area (Å²) >= 11 is 0. The van der Waals surface area contributed by atoms with Crippen molar-refractivity contribution < 1.29 is 18.4 Å². The van der Waals surface area contributed by atoms with Crippen LogP contribution in [0.25, 0.3) is 0 Å². The van der Waals surface area contributed by atoms with Gasteiger partial charge >= 0.3 is 0 Å². The van der Waals surface area contributed by atoms with Crippen LogP contribution in [0, 0.1) is 0 Å². The molecule has 1 amide bonds. The number of pyridine rings is 1. The summed E-state index contributed by atoms with van der Waals surface area (Å²) in [6.45, 7) is 7.22. The van der Waals surface area contributed by atoms with Crippen molar-refractivity contribution >= 4 is 15.7 Å². The van der Waals surface area contributed by atoms with Gasteiger partial charge in [-0.1, -0.05) is 20.8 Å². The van der Waals surface area contributed by atoms with Crippen molar-refractivity contribution in [2.45, 2.75) is 50.8 Å². The molecule has 1 aromatic rings. The molecule has 0 aliphatic rings. The van der Waals surface area contributed by atoms with Crippen LogP contribution in [0.1, 0.15) is 39.7 Å². The number of rotatable bonds is 5. The summed E-state index contributed by atoms with van der Waals surface area (Å²) in [6.07, 6.45) is 2.38. The van der Waals surface area contributed by atoms with Crippen LogP contribution in [0.4, 0.5) is 0 Å². The van der Waals surface area contributed by atoms with Gasteiger partial charge in [0.05, 0.1) is 0 Å². The normalized spacial score (nSPS) is 15.0. The number of nitrogens with zero attached hydrogens (tertiary/aromatic N) is 1. The predicted molar refractivity (Wildman–Crippen MR) is 87.2 cm³/mol. The van der Waals surface area contributed by atoms with E-state index in [-0.39, 0.29) is 23.9 Å². The molecule has 7 nitrogen and oxygen atoms in total. The number of carbonyl (C=O) groups is 1. The summed E-state index contributed by atoms with van der Waals surface area (Å²) in [4.78, 5) is 23.9. The number of hydrogen-bond acceptors (Lipinski definition) is 5. The van der Waals surface area contributed by atoms with Gasteiger partial charge in [0, 0.05) is 25.1 Å². The van der Waals surface area contributed by atoms with Crippen LogP contribution in [-0.2, 0) is 26.6 Å². The van der Waals surface area contributed by atoms with E-state index in [2.05, 4.69) is 0 Å². The summed E-state index contributed by atoms with van der Waals surface area (Å²) in [5, 5.41) is 8.78. The van der Waals surface area contributed by atoms with E-state index in [0.29, 0.717) is 0 Å². The molecule has 1 aromatic heterocycles. The molecule has 8 heteroatoms. The van der Waals surface area contributed by atoms with Crippen LogP contribution in [0.2, 0.25) is 0 Å². The minimum Gasteiger partial charge on any atom is -0.315 e. The third-order valence-electron chi connectivity index (χ3n) is 4.09. The average molecular weight is 344 g/mol. The zero-order valence-electron chi connectivity index (χ0n) is 14.1. The lowest BCUT2D eigenvalue weighted by Crippen LogP contribution is -2.50. The molecule has 0 aliphatic carbocycles. The second-order valence-electron chi connectivity index (χ2n) is 6.89. The lowest BCUT2D eigenvalue weighted by Gasteiger charge is -2.25. The number of aromatic nitrogens is 1. The molecule has 0 unspecified atom stereocenters. The smallest absolute Gasteiger partial charge is 0.264 e. The van der Waals surface area contributed by atoms with Gasteiger partial charge < -0.3 is 4.57 Å². The average Bonchev–Trinajstić information content (AvgIpc) is 2.42. The topological polar surface area (TPSA) is 105 Å². The largest absolute Gasteiger partial charge is 0.315 e. The summed E-state index contributed by atoms with van der Waals surface area (Å²) in [6, 6.07) is 3.30. The summed E-state index contributed by atoms with van der Waals surface area (Å²) in [5.41, 5.74) is 1.82. The third kappa shape index (κ3) is 4.20. The second kappa shape index (κ2) is 6.45. The maximum Gasteiger partial charge on any atom is 0.264 e. The number of carbonyl (C=O) groups excluding carboxylic acids is 1. The third-order valence-corrected chi connectivity index (χ3v) is 6.12. The van der Waals surface area contributed by atoms with Crippen molar-refractivity contribution in [2.24, 2.45) is 0 Å². The van der Waals surface area contributed by atoms with E-state index in [4.69, 9.17) is 5.21 Å². The first-order chi connectivity index (χ1) is 10.3. The number of hydrogen-bond donors (Lipinski definition) is 2. The highest BCUT2D eigenvalue weighted by atomic mass is 32.2. The Hall–Kier alpha value is -1.67. The number of hydroxylamine groups is 1. The number of aryl methyl sites for hydroxylation is 1. The maximum atomic E-state index is 12.2. The van der Waals surface area contributed by atoms with E-state index < -0.39 is 20.5 Å². The van der Waals surface area contributed by atoms with Gasteiger partial charge in [0.1, 0.15) is 0 Å². The molecule has 130 valence electrons. The SMILES string of the molecule is CC(C)(C)c1ccn(CC[C@](C)(C(=O)NO)S(C)(=O)=O)c(=O)c1. The van der Waals surface area contributed by atoms with E-state index in [1.807, 2.05) is 20.8 Å². The Morgan fingerprint density at radius 2 is 1.87 bits per heavy atom. The van der Waals surface area contributed by atoms with Gasteiger partial charge in [0.25, 0.3) is 11.5 Å². The predicted octanol–water partition coefficient (Wildman–Crippen LogP) is 0.845. The molecule has 23 heavy (non-hydrogen) atoms. The molecule has 0 saturated carbocycles. The van der Waals surface area contributed by atoms with Crippen LogP contribution in [-0.4, -0.2) is 35.1 Å². The molecule has 1 atom stereocenters. The van der Waals surface area contributed by atoms with E-state index in [1.165, 1.54) is 23.0 Å². The van der Waals surface area contributed by atoms with Crippen molar-refractivity contribution in [1.82, 2.24) is 10.0 Å². The van der Waals surface area contributed by atoms with Crippen molar-refractivity contribution in [3.63, 3.8) is 0 Å². The fourth-order valence-corrected chi connectivity index (χ4v) is 2.92. The first kappa shape index (κ1) is 19.4. The molecule has 0 bridgehead atoms. The van der Waals surface area contributed by atoms with Crippen LogP contribution >= 0.6 is 0 Å². The molecule has 0 radical (unpaired) electrons. The summed E-state index contributed by atoms with van der Waals surface area (Å²) in [5.74, 6) is -1.01. The Kier molecular flexibility index (Phi) is 5.43. The van der Waals surface area contributed by atoms with E-state index in [9.17, 15) is 18.0 Å². The van der Waals surface area contributed by atoms with Crippen molar-refractivity contribution in [1.29, 1.82) is 0 Å². The van der Waals surface area contributed by atoms with Crippen LogP contribution in [0.15, 0.2) is 23.1 Å². The molecule has 0 saturated heterocycles. The zero-order valence-corrected chi connectivity index (χ0v) is 14.9. The van der Waals surface area contributed by atoms with Gasteiger partial charge in [-0.15, -0.1) is 0 Å². The maximum absolute atomic E-state index is 12.2. The molecule has 2 N–H and O–H groups in total. The molecular weight excluding hydrogens is 320 g/mol. The molecule has 0 fully saturated rings. The van der Waals surface area contributed by atoms with Gasteiger partial charge in [0.2, 0.25) is 0 Å². The van der Waals surface area contributed by atoms with Crippen LogP contribution < -0.4 is 11.0 Å². The lowest BCUT2D eigenvalue weighted by molar-refractivity contribution is -0.131. The van der Waals surface area contributed by atoms with Crippen molar-refractivity contribution in [3.8, 4) is 0 Å². The van der Waals surface area contributed by atoms with Gasteiger partial charge in [-0.3, -0.25) is 14.8 Å². The minimum absolute atomic E-state index is 0.0419. The van der Waals surface area contributed by atoms with Crippen LogP contribution in [0.3, 0.4) is 0 Å². The van der Waals surface area contributed by atoms with Crippen molar-refractivity contribution in [3.05, 3.63) is 34.2 Å². The fourth-order valence-electron chi connectivity index (χ4n) is 2.08. The van der Waals surface area contributed by atoms with E-state index in [1.54, 1.807) is 12.3 Å². The number of nitrogens with one attached hydrogen (secondary N) is 1. The Labute approximate surface area is 136 Å². The van der Waals surface area contributed by atoms with E-state index in [0.717, 1.165) is 11.8 Å². The number of amides is 1. The fraction of sp³-hybridized carbons (Fsp3) is 0.600. The molecule has 1 heterocycles. The molecule has 0 spiro atoms. The van der Waals surface area contributed by atoms with Crippen molar-refractivity contribution in [2.75, 3.05) is 6.26 Å². The summed E-state index contributed by atoms with van der Waals surface area (Å²) in [7, 11) is -3.78. The molecular formula is C15H24N2O5S. The highest BCUT2D eigenvalue weighted by Crippen LogP contribution is 2.23. The van der Waals surface area contributed by atoms with Gasteiger partial charge in [-0.25, -0.2) is 13.9 Å². The zero-order chi connectivity index (χ0) is 18.1. The highest BCUT2D eigenvalue weighted by Gasteiger charge is 2.43. The quantitative estimate of drug-likeness (QED) is 0.608. The van der Waals surface area contributed by atoms with E-state index >= 15 is 0 Å². The Bertz CT molecular complexity index is 746. The number of sulfone groups is 1. The van der Waals surface area contributed by atoms with Crippen LogP contribution in [0.5, 0.6) is 0 Å². The van der Waals surface area contributed by atoms with Gasteiger partial charge in [0.15, 0.2) is 14.6 Å². The van der Waals surface area contributed by atoms with Gasteiger partial charge in [-0.2, -0.15) is 0 Å².